The molecule has 0 aromatic heterocycles. The van der Waals surface area contributed by atoms with Crippen LogP contribution in [0.5, 0.6) is 0 Å². The second-order valence-electron chi connectivity index (χ2n) is 24.9. The van der Waals surface area contributed by atoms with Crippen LogP contribution in [0.1, 0.15) is 406 Å². The minimum Gasteiger partial charge on any atom is -0.466 e. The standard InChI is InChI=1S/C73H141NO5/c1-3-5-7-9-11-13-15-17-19-21-22-23-24-25-26-27-30-34-37-41-45-49-53-57-61-65-71(76)70(69-75)74-72(77)66-62-58-54-50-46-42-38-35-31-28-29-32-36-40-44-48-52-56-60-64-68-79-73(78)67-63-59-55-51-47-43-39-33-20-18-16-14-12-10-8-6-4-2/h18,20,28,31,70-71,75-76H,3-17,19,21-27,29-30,32-69H2,1-2H3,(H,74,77)/b20-18-,31-28-. The quantitative estimate of drug-likeness (QED) is 0.0320. The number of allylic oxidation sites excluding steroid dienone is 4. The van der Waals surface area contributed by atoms with E-state index >= 15 is 0 Å². The second kappa shape index (κ2) is 68.8. The Morgan fingerprint density at radius 1 is 0.342 bits per heavy atom. The van der Waals surface area contributed by atoms with Crippen molar-refractivity contribution in [2.45, 2.75) is 418 Å². The normalized spacial score (nSPS) is 12.6. The topological polar surface area (TPSA) is 95.9 Å². The number of hydrogen-bond acceptors (Lipinski definition) is 5. The van der Waals surface area contributed by atoms with Crippen molar-refractivity contribution >= 4 is 11.9 Å². The number of unbranched alkanes of at least 4 members (excludes halogenated alkanes) is 53. The molecule has 0 radical (unpaired) electrons. The fraction of sp³-hybridized carbons (Fsp3) is 0.918. The highest BCUT2D eigenvalue weighted by Gasteiger charge is 2.20. The van der Waals surface area contributed by atoms with Crippen molar-refractivity contribution < 1.29 is 24.5 Å². The van der Waals surface area contributed by atoms with E-state index in [4.69, 9.17) is 4.74 Å². The highest BCUT2D eigenvalue weighted by molar-refractivity contribution is 5.76. The maximum absolute atomic E-state index is 12.6. The molecule has 0 heterocycles. The molecular formula is C73H141NO5. The predicted octanol–water partition coefficient (Wildman–Crippen LogP) is 23.3. The van der Waals surface area contributed by atoms with Crippen LogP contribution in [0.4, 0.5) is 0 Å². The minimum atomic E-state index is -0.672. The molecule has 1 amide bonds. The van der Waals surface area contributed by atoms with Crippen LogP contribution >= 0.6 is 0 Å². The highest BCUT2D eigenvalue weighted by atomic mass is 16.5. The largest absolute Gasteiger partial charge is 0.466 e. The number of aliphatic hydroxyl groups excluding tert-OH is 2. The Labute approximate surface area is 494 Å². The van der Waals surface area contributed by atoms with Crippen LogP contribution in [0, 0.1) is 0 Å². The van der Waals surface area contributed by atoms with Gasteiger partial charge >= 0.3 is 5.97 Å². The molecule has 0 spiro atoms. The first-order chi connectivity index (χ1) is 39.0. The van der Waals surface area contributed by atoms with Gasteiger partial charge in [0, 0.05) is 12.8 Å². The Balaban J connectivity index is 3.42. The Bertz CT molecular complexity index is 1230. The number of aliphatic hydroxyl groups is 2. The lowest BCUT2D eigenvalue weighted by Crippen LogP contribution is -2.45. The van der Waals surface area contributed by atoms with Crippen LogP contribution in [0.25, 0.3) is 0 Å². The molecule has 0 aromatic rings. The third-order valence-electron chi connectivity index (χ3n) is 17.0. The van der Waals surface area contributed by atoms with Gasteiger partial charge in [0.2, 0.25) is 5.91 Å². The molecule has 0 bridgehead atoms. The maximum atomic E-state index is 12.6. The average Bonchev–Trinajstić information content (AvgIpc) is 3.45. The van der Waals surface area contributed by atoms with Gasteiger partial charge in [-0.2, -0.15) is 0 Å². The molecule has 2 atom stereocenters. The number of esters is 1. The number of carbonyl (C=O) groups is 2. The van der Waals surface area contributed by atoms with Gasteiger partial charge in [0.15, 0.2) is 0 Å². The number of rotatable bonds is 68. The summed E-state index contributed by atoms with van der Waals surface area (Å²) in [5, 5.41) is 23.4. The zero-order chi connectivity index (χ0) is 57.1. The van der Waals surface area contributed by atoms with E-state index in [0.717, 1.165) is 44.9 Å². The van der Waals surface area contributed by atoms with Gasteiger partial charge in [0.1, 0.15) is 0 Å². The van der Waals surface area contributed by atoms with Crippen LogP contribution < -0.4 is 5.32 Å². The lowest BCUT2D eigenvalue weighted by Gasteiger charge is -2.22. The minimum absolute atomic E-state index is 0.00410. The Morgan fingerprint density at radius 2 is 0.595 bits per heavy atom. The van der Waals surface area contributed by atoms with Crippen molar-refractivity contribution in [1.82, 2.24) is 5.32 Å². The SMILES string of the molecule is CCCCCCCC/C=C\CCCCCCCCCC(=O)OCCCCCCCCCCC/C=C\CCCCCCCCCC(=O)NC(CO)C(O)CCCCCCCCCCCCCCCCCCCCCCCCCCC. The summed E-state index contributed by atoms with van der Waals surface area (Å²) in [7, 11) is 0. The first-order valence-corrected chi connectivity index (χ1v) is 36.1. The molecule has 2 unspecified atom stereocenters. The average molecular weight is 1110 g/mol. The predicted molar refractivity (Wildman–Crippen MR) is 347 cm³/mol. The van der Waals surface area contributed by atoms with Crippen molar-refractivity contribution in [2.75, 3.05) is 13.2 Å². The maximum Gasteiger partial charge on any atom is 0.305 e. The summed E-state index contributed by atoms with van der Waals surface area (Å²) < 4.78 is 5.50. The third-order valence-corrected chi connectivity index (χ3v) is 17.0. The molecule has 468 valence electrons. The molecule has 6 nitrogen and oxygen atoms in total. The van der Waals surface area contributed by atoms with E-state index in [9.17, 15) is 19.8 Å². The van der Waals surface area contributed by atoms with E-state index < -0.39 is 12.1 Å². The molecule has 6 heteroatoms. The zero-order valence-electron chi connectivity index (χ0n) is 53.6. The molecular weight excluding hydrogens is 971 g/mol. The summed E-state index contributed by atoms with van der Waals surface area (Å²) in [6.07, 6.45) is 86.5. The molecule has 0 aromatic carbocycles. The molecule has 0 aliphatic heterocycles. The molecule has 0 fully saturated rings. The van der Waals surface area contributed by atoms with Gasteiger partial charge in [-0.05, 0) is 77.0 Å². The Kier molecular flexibility index (Phi) is 67.4. The van der Waals surface area contributed by atoms with E-state index in [2.05, 4.69) is 43.5 Å². The van der Waals surface area contributed by atoms with E-state index in [1.54, 1.807) is 0 Å². The summed E-state index contributed by atoms with van der Waals surface area (Å²) in [5.74, 6) is -0.0347. The molecule has 0 aliphatic carbocycles. The number of nitrogens with one attached hydrogen (secondary N) is 1. The summed E-state index contributed by atoms with van der Waals surface area (Å²) in [6, 6.07) is -0.550. The van der Waals surface area contributed by atoms with E-state index in [1.165, 1.54) is 327 Å². The molecule has 0 saturated heterocycles. The number of amides is 1. The van der Waals surface area contributed by atoms with Crippen LogP contribution in [0.3, 0.4) is 0 Å². The van der Waals surface area contributed by atoms with Gasteiger partial charge in [-0.1, -0.05) is 340 Å². The van der Waals surface area contributed by atoms with Gasteiger partial charge in [-0.3, -0.25) is 9.59 Å². The van der Waals surface area contributed by atoms with Gasteiger partial charge < -0.3 is 20.3 Å². The van der Waals surface area contributed by atoms with Crippen molar-refractivity contribution in [3.8, 4) is 0 Å². The van der Waals surface area contributed by atoms with Crippen molar-refractivity contribution in [1.29, 1.82) is 0 Å². The fourth-order valence-electron chi connectivity index (χ4n) is 11.5. The lowest BCUT2D eigenvalue weighted by molar-refractivity contribution is -0.143. The van der Waals surface area contributed by atoms with Crippen molar-refractivity contribution in [3.05, 3.63) is 24.3 Å². The smallest absolute Gasteiger partial charge is 0.305 e. The monoisotopic (exact) mass is 1110 g/mol. The summed E-state index contributed by atoms with van der Waals surface area (Å²) in [5.41, 5.74) is 0. The van der Waals surface area contributed by atoms with Crippen LogP contribution in [0.2, 0.25) is 0 Å². The molecule has 0 saturated carbocycles. The van der Waals surface area contributed by atoms with Crippen LogP contribution in [-0.2, 0) is 14.3 Å². The highest BCUT2D eigenvalue weighted by Crippen LogP contribution is 2.19. The van der Waals surface area contributed by atoms with Gasteiger partial charge in [-0.25, -0.2) is 0 Å². The van der Waals surface area contributed by atoms with E-state index in [1.807, 2.05) is 0 Å². The molecule has 0 aliphatic rings. The first kappa shape index (κ1) is 77.3. The number of ether oxygens (including phenoxy) is 1. The zero-order valence-corrected chi connectivity index (χ0v) is 53.6. The van der Waals surface area contributed by atoms with Crippen LogP contribution in [-0.4, -0.2) is 47.4 Å². The Hall–Kier alpha value is -1.66. The van der Waals surface area contributed by atoms with Gasteiger partial charge in [0.05, 0.1) is 25.4 Å². The number of hydrogen-bond donors (Lipinski definition) is 3. The van der Waals surface area contributed by atoms with E-state index in [-0.39, 0.29) is 18.5 Å². The lowest BCUT2D eigenvalue weighted by atomic mass is 10.0. The summed E-state index contributed by atoms with van der Waals surface area (Å²) in [4.78, 5) is 24.7. The van der Waals surface area contributed by atoms with Gasteiger partial charge in [0.25, 0.3) is 0 Å². The molecule has 79 heavy (non-hydrogen) atoms. The third kappa shape index (κ3) is 65.4. The van der Waals surface area contributed by atoms with Crippen LogP contribution in [0.15, 0.2) is 24.3 Å². The van der Waals surface area contributed by atoms with Crippen molar-refractivity contribution in [3.63, 3.8) is 0 Å². The summed E-state index contributed by atoms with van der Waals surface area (Å²) >= 11 is 0. The van der Waals surface area contributed by atoms with E-state index in [0.29, 0.717) is 25.9 Å². The Morgan fingerprint density at radius 3 is 0.899 bits per heavy atom. The first-order valence-electron chi connectivity index (χ1n) is 36.1. The molecule has 3 N–H and O–H groups in total. The summed E-state index contributed by atoms with van der Waals surface area (Å²) in [6.45, 7) is 4.98. The second-order valence-corrected chi connectivity index (χ2v) is 24.9. The number of carbonyl (C=O) groups excluding carboxylic acids is 2. The van der Waals surface area contributed by atoms with Crippen molar-refractivity contribution in [2.24, 2.45) is 0 Å². The molecule has 0 rings (SSSR count). The van der Waals surface area contributed by atoms with Gasteiger partial charge in [-0.15, -0.1) is 0 Å². The fourth-order valence-corrected chi connectivity index (χ4v) is 11.5.